The fourth-order valence-electron chi connectivity index (χ4n) is 1.47. The maximum absolute atomic E-state index is 11.6. The van der Waals surface area contributed by atoms with Crippen molar-refractivity contribution in [2.24, 2.45) is 0 Å². The van der Waals surface area contributed by atoms with Gasteiger partial charge in [0.05, 0.1) is 6.10 Å². The van der Waals surface area contributed by atoms with Crippen molar-refractivity contribution in [1.82, 2.24) is 15.2 Å². The van der Waals surface area contributed by atoms with Gasteiger partial charge in [-0.25, -0.2) is 4.79 Å². The van der Waals surface area contributed by atoms with Crippen LogP contribution in [0.5, 0.6) is 0 Å². The Morgan fingerprint density at radius 3 is 3.00 bits per heavy atom. The third-order valence-electron chi connectivity index (χ3n) is 2.30. The summed E-state index contributed by atoms with van der Waals surface area (Å²) in [7, 11) is 1.66. The number of pyridine rings is 1. The molecule has 0 fully saturated rings. The molecule has 94 valence electrons. The Morgan fingerprint density at radius 1 is 1.65 bits per heavy atom. The summed E-state index contributed by atoms with van der Waals surface area (Å²) in [5.41, 5.74) is 1.09. The van der Waals surface area contributed by atoms with Crippen LogP contribution in [0.2, 0.25) is 0 Å². The minimum atomic E-state index is -0.510. The number of carbonyl (C=O) groups excluding carboxylic acids is 1. The minimum absolute atomic E-state index is 0.171. The van der Waals surface area contributed by atoms with Gasteiger partial charge >= 0.3 is 6.03 Å². The van der Waals surface area contributed by atoms with Crippen LogP contribution in [0.1, 0.15) is 12.5 Å². The molecule has 1 aromatic rings. The van der Waals surface area contributed by atoms with Gasteiger partial charge in [0, 0.05) is 32.5 Å². The third kappa shape index (κ3) is 5.31. The Hall–Kier alpha value is -1.62. The Balaban J connectivity index is 2.24. The lowest BCUT2D eigenvalue weighted by Gasteiger charge is -2.19. The monoisotopic (exact) mass is 237 g/mol. The minimum Gasteiger partial charge on any atom is -0.392 e. The highest BCUT2D eigenvalue weighted by molar-refractivity contribution is 5.73. The molecule has 5 nitrogen and oxygen atoms in total. The van der Waals surface area contributed by atoms with Gasteiger partial charge in [-0.15, -0.1) is 0 Å². The first kappa shape index (κ1) is 13.4. The second-order valence-electron chi connectivity index (χ2n) is 4.07. The van der Waals surface area contributed by atoms with Crippen molar-refractivity contribution in [1.29, 1.82) is 0 Å². The zero-order valence-corrected chi connectivity index (χ0v) is 10.3. The number of hydrogen-bond acceptors (Lipinski definition) is 3. The molecule has 0 radical (unpaired) electrons. The van der Waals surface area contributed by atoms with Gasteiger partial charge in [-0.2, -0.15) is 0 Å². The molecule has 1 rings (SSSR count). The van der Waals surface area contributed by atoms with E-state index in [1.54, 1.807) is 26.4 Å². The van der Waals surface area contributed by atoms with Crippen LogP contribution in [0.4, 0.5) is 4.79 Å². The van der Waals surface area contributed by atoms with Crippen molar-refractivity contribution >= 4 is 6.03 Å². The lowest BCUT2D eigenvalue weighted by atomic mass is 10.2. The van der Waals surface area contributed by atoms with E-state index >= 15 is 0 Å². The summed E-state index contributed by atoms with van der Waals surface area (Å²) in [6.07, 6.45) is 3.75. The summed E-state index contributed by atoms with van der Waals surface area (Å²) in [5.74, 6) is 0. The molecule has 1 unspecified atom stereocenters. The molecule has 2 N–H and O–H groups in total. The highest BCUT2D eigenvalue weighted by Crippen LogP contribution is 1.96. The lowest BCUT2D eigenvalue weighted by molar-refractivity contribution is 0.144. The number of rotatable bonds is 5. The van der Waals surface area contributed by atoms with Gasteiger partial charge in [0.25, 0.3) is 0 Å². The predicted molar refractivity (Wildman–Crippen MR) is 65.7 cm³/mol. The van der Waals surface area contributed by atoms with E-state index in [9.17, 15) is 4.79 Å². The number of carbonyl (C=O) groups is 1. The van der Waals surface area contributed by atoms with Gasteiger partial charge in [0.1, 0.15) is 0 Å². The third-order valence-corrected chi connectivity index (χ3v) is 2.30. The van der Waals surface area contributed by atoms with Gasteiger partial charge in [-0.05, 0) is 25.0 Å². The van der Waals surface area contributed by atoms with Crippen LogP contribution in [0.25, 0.3) is 0 Å². The first-order chi connectivity index (χ1) is 8.09. The summed E-state index contributed by atoms with van der Waals surface area (Å²) >= 11 is 0. The molecule has 1 atom stereocenters. The molecule has 0 aromatic carbocycles. The number of aliphatic hydroxyl groups is 1. The molecular formula is C12H19N3O2. The van der Waals surface area contributed by atoms with Crippen LogP contribution < -0.4 is 5.32 Å². The van der Waals surface area contributed by atoms with Gasteiger partial charge < -0.3 is 15.3 Å². The smallest absolute Gasteiger partial charge is 0.317 e. The molecule has 17 heavy (non-hydrogen) atoms. The summed E-state index contributed by atoms with van der Waals surface area (Å²) in [6, 6.07) is 3.67. The Morgan fingerprint density at radius 2 is 2.41 bits per heavy atom. The van der Waals surface area contributed by atoms with Crippen molar-refractivity contribution in [3.05, 3.63) is 30.1 Å². The Labute approximate surface area is 101 Å². The molecule has 5 heteroatoms. The normalized spacial score (nSPS) is 11.9. The standard InChI is InChI=1S/C12H19N3O2/c1-10(16)9-15(2)12(17)14-7-5-11-4-3-6-13-8-11/h3-4,6,8,10,16H,5,7,9H2,1-2H3,(H,14,17). The fraction of sp³-hybridized carbons (Fsp3) is 0.500. The van der Waals surface area contributed by atoms with E-state index < -0.39 is 6.10 Å². The van der Waals surface area contributed by atoms with Gasteiger partial charge in [0.15, 0.2) is 0 Å². The maximum Gasteiger partial charge on any atom is 0.317 e. The molecule has 0 spiro atoms. The first-order valence-electron chi connectivity index (χ1n) is 5.65. The molecule has 0 saturated carbocycles. The van der Waals surface area contributed by atoms with E-state index in [-0.39, 0.29) is 6.03 Å². The highest BCUT2D eigenvalue weighted by Gasteiger charge is 2.09. The van der Waals surface area contributed by atoms with Gasteiger partial charge in [-0.3, -0.25) is 4.98 Å². The van der Waals surface area contributed by atoms with E-state index in [4.69, 9.17) is 5.11 Å². The van der Waals surface area contributed by atoms with Crippen molar-refractivity contribution in [2.45, 2.75) is 19.4 Å². The SMILES string of the molecule is CC(O)CN(C)C(=O)NCCc1cccnc1. The van der Waals surface area contributed by atoms with Crippen molar-refractivity contribution < 1.29 is 9.90 Å². The zero-order valence-electron chi connectivity index (χ0n) is 10.3. The number of nitrogens with zero attached hydrogens (tertiary/aromatic N) is 2. The molecule has 1 aromatic heterocycles. The van der Waals surface area contributed by atoms with E-state index in [1.165, 1.54) is 4.90 Å². The van der Waals surface area contributed by atoms with Crippen molar-refractivity contribution in [2.75, 3.05) is 20.1 Å². The van der Waals surface area contributed by atoms with Crippen LogP contribution in [0, 0.1) is 0 Å². The van der Waals surface area contributed by atoms with Crippen molar-refractivity contribution in [3.63, 3.8) is 0 Å². The summed E-state index contributed by atoms with van der Waals surface area (Å²) < 4.78 is 0. The first-order valence-corrected chi connectivity index (χ1v) is 5.65. The summed E-state index contributed by atoms with van der Waals surface area (Å²) in [4.78, 5) is 17.0. The van der Waals surface area contributed by atoms with E-state index in [2.05, 4.69) is 10.3 Å². The number of amides is 2. The van der Waals surface area contributed by atoms with Crippen LogP contribution in [-0.2, 0) is 6.42 Å². The van der Waals surface area contributed by atoms with Crippen LogP contribution in [-0.4, -0.2) is 47.3 Å². The Bertz CT molecular complexity index is 341. The molecule has 0 bridgehead atoms. The highest BCUT2D eigenvalue weighted by atomic mass is 16.3. The second-order valence-corrected chi connectivity index (χ2v) is 4.07. The fourth-order valence-corrected chi connectivity index (χ4v) is 1.47. The quantitative estimate of drug-likeness (QED) is 0.790. The second kappa shape index (κ2) is 6.85. The lowest BCUT2D eigenvalue weighted by Crippen LogP contribution is -2.41. The maximum atomic E-state index is 11.6. The molecule has 0 aliphatic carbocycles. The van der Waals surface area contributed by atoms with Crippen molar-refractivity contribution in [3.8, 4) is 0 Å². The molecule has 1 heterocycles. The number of nitrogens with one attached hydrogen (secondary N) is 1. The summed E-state index contributed by atoms with van der Waals surface area (Å²) in [5, 5.41) is 11.9. The number of aliphatic hydroxyl groups excluding tert-OH is 1. The van der Waals surface area contributed by atoms with Crippen LogP contribution in [0.15, 0.2) is 24.5 Å². The number of likely N-dealkylation sites (N-methyl/N-ethyl adjacent to an activating group) is 1. The van der Waals surface area contributed by atoms with Gasteiger partial charge in [0.2, 0.25) is 0 Å². The molecular weight excluding hydrogens is 218 g/mol. The zero-order chi connectivity index (χ0) is 12.7. The topological polar surface area (TPSA) is 65.5 Å². The van der Waals surface area contributed by atoms with Crippen LogP contribution >= 0.6 is 0 Å². The molecule has 0 saturated heterocycles. The van der Waals surface area contributed by atoms with E-state index in [1.807, 2.05) is 12.1 Å². The average molecular weight is 237 g/mol. The largest absolute Gasteiger partial charge is 0.392 e. The summed E-state index contributed by atoms with van der Waals surface area (Å²) in [6.45, 7) is 2.55. The predicted octanol–water partition coefficient (Wildman–Crippen LogP) is 0.646. The average Bonchev–Trinajstić information content (AvgIpc) is 2.29. The van der Waals surface area contributed by atoms with E-state index in [0.29, 0.717) is 13.1 Å². The Kier molecular flexibility index (Phi) is 5.42. The number of aromatic nitrogens is 1. The van der Waals surface area contributed by atoms with E-state index in [0.717, 1.165) is 12.0 Å². The molecule has 0 aliphatic heterocycles. The number of hydrogen-bond donors (Lipinski definition) is 2. The number of urea groups is 1. The molecule has 0 aliphatic rings. The van der Waals surface area contributed by atoms with Gasteiger partial charge in [-0.1, -0.05) is 6.07 Å². The molecule has 2 amide bonds. The van der Waals surface area contributed by atoms with Crippen LogP contribution in [0.3, 0.4) is 0 Å².